The van der Waals surface area contributed by atoms with E-state index in [2.05, 4.69) is 15.3 Å². The van der Waals surface area contributed by atoms with Crippen LogP contribution in [0, 0.1) is 13.8 Å². The number of hydrogen-bond donors (Lipinski definition) is 1. The highest BCUT2D eigenvalue weighted by molar-refractivity contribution is 5.95. The van der Waals surface area contributed by atoms with Gasteiger partial charge in [0.1, 0.15) is 0 Å². The molecule has 4 nitrogen and oxygen atoms in total. The summed E-state index contributed by atoms with van der Waals surface area (Å²) in [5.74, 6) is 0.468. The summed E-state index contributed by atoms with van der Waals surface area (Å²) in [6.07, 6.45) is 1.59. The maximum absolute atomic E-state index is 12.4. The van der Waals surface area contributed by atoms with Gasteiger partial charge in [-0.2, -0.15) is 0 Å². The van der Waals surface area contributed by atoms with Crippen LogP contribution in [0.1, 0.15) is 27.2 Å². The minimum atomic E-state index is -0.160. The second-order valence-corrected chi connectivity index (χ2v) is 5.73. The molecule has 1 amide bonds. The molecule has 0 atom stereocenters. The second-order valence-electron chi connectivity index (χ2n) is 5.73. The second kappa shape index (κ2) is 7.04. The van der Waals surface area contributed by atoms with Crippen molar-refractivity contribution in [3.05, 3.63) is 83.2 Å². The number of carbonyl (C=O) groups excluding carboxylic acids is 1. The van der Waals surface area contributed by atoms with Gasteiger partial charge in [0.15, 0.2) is 5.82 Å². The minimum absolute atomic E-state index is 0.160. The Morgan fingerprint density at radius 3 is 2.38 bits per heavy atom. The van der Waals surface area contributed by atoms with Crippen LogP contribution < -0.4 is 5.32 Å². The first-order valence-corrected chi connectivity index (χ1v) is 7.86. The summed E-state index contributed by atoms with van der Waals surface area (Å²) in [5, 5.41) is 2.92. The number of aromatic nitrogens is 2. The third-order valence-electron chi connectivity index (χ3n) is 3.83. The molecule has 0 fully saturated rings. The van der Waals surface area contributed by atoms with E-state index in [1.54, 1.807) is 6.20 Å². The molecule has 1 aromatic heterocycles. The first-order valence-electron chi connectivity index (χ1n) is 7.86. The molecule has 0 aliphatic heterocycles. The van der Waals surface area contributed by atoms with Crippen molar-refractivity contribution in [2.45, 2.75) is 20.4 Å². The first kappa shape index (κ1) is 15.9. The monoisotopic (exact) mass is 317 g/mol. The van der Waals surface area contributed by atoms with E-state index in [0.29, 0.717) is 23.6 Å². The van der Waals surface area contributed by atoms with Crippen LogP contribution in [0.3, 0.4) is 0 Å². The maximum atomic E-state index is 12.4. The van der Waals surface area contributed by atoms with Crippen molar-refractivity contribution in [1.29, 1.82) is 0 Å². The Hall–Kier alpha value is -3.01. The molecule has 0 spiro atoms. The molecule has 0 unspecified atom stereocenters. The third kappa shape index (κ3) is 3.66. The zero-order valence-electron chi connectivity index (χ0n) is 13.8. The van der Waals surface area contributed by atoms with Crippen LogP contribution in [-0.4, -0.2) is 15.9 Å². The quantitative estimate of drug-likeness (QED) is 0.798. The number of rotatable bonds is 4. The fraction of sp³-hybridized carbons (Fsp3) is 0.150. The highest BCUT2D eigenvalue weighted by Crippen LogP contribution is 2.15. The van der Waals surface area contributed by atoms with E-state index < -0.39 is 0 Å². The van der Waals surface area contributed by atoms with Crippen LogP contribution in [0.2, 0.25) is 0 Å². The zero-order valence-corrected chi connectivity index (χ0v) is 13.8. The molecule has 24 heavy (non-hydrogen) atoms. The maximum Gasteiger partial charge on any atom is 0.254 e. The Morgan fingerprint density at radius 2 is 1.71 bits per heavy atom. The van der Waals surface area contributed by atoms with Gasteiger partial charge in [-0.3, -0.25) is 4.79 Å². The van der Waals surface area contributed by atoms with Crippen LogP contribution in [-0.2, 0) is 6.54 Å². The Morgan fingerprint density at radius 1 is 1.00 bits per heavy atom. The Labute approximate surface area is 141 Å². The molecular weight excluding hydrogens is 298 g/mol. The standard InChI is InChI=1S/C20H19N3O/c1-14-8-10-16(11-9-14)12-22-20(24)18-13-21-19(23-15(18)2)17-6-4-3-5-7-17/h3-11,13H,12H2,1-2H3,(H,22,24). The fourth-order valence-corrected chi connectivity index (χ4v) is 2.40. The highest BCUT2D eigenvalue weighted by Gasteiger charge is 2.12. The summed E-state index contributed by atoms with van der Waals surface area (Å²) < 4.78 is 0. The summed E-state index contributed by atoms with van der Waals surface area (Å²) >= 11 is 0. The van der Waals surface area contributed by atoms with Crippen LogP contribution in [0.25, 0.3) is 11.4 Å². The van der Waals surface area contributed by atoms with E-state index in [4.69, 9.17) is 0 Å². The molecule has 1 N–H and O–H groups in total. The largest absolute Gasteiger partial charge is 0.348 e. The van der Waals surface area contributed by atoms with Gasteiger partial charge in [-0.15, -0.1) is 0 Å². The van der Waals surface area contributed by atoms with Gasteiger partial charge in [0.2, 0.25) is 0 Å². The van der Waals surface area contributed by atoms with Gasteiger partial charge in [-0.1, -0.05) is 60.2 Å². The molecular formula is C20H19N3O. The van der Waals surface area contributed by atoms with Crippen molar-refractivity contribution in [2.75, 3.05) is 0 Å². The molecule has 0 radical (unpaired) electrons. The molecule has 0 bridgehead atoms. The average molecular weight is 317 g/mol. The summed E-state index contributed by atoms with van der Waals surface area (Å²) in [4.78, 5) is 21.1. The Balaban J connectivity index is 1.72. The number of aryl methyl sites for hydroxylation is 2. The van der Waals surface area contributed by atoms with E-state index in [1.165, 1.54) is 5.56 Å². The molecule has 3 aromatic rings. The van der Waals surface area contributed by atoms with Crippen LogP contribution in [0.15, 0.2) is 60.8 Å². The van der Waals surface area contributed by atoms with Gasteiger partial charge < -0.3 is 5.32 Å². The number of carbonyl (C=O) groups is 1. The highest BCUT2D eigenvalue weighted by atomic mass is 16.1. The van der Waals surface area contributed by atoms with Gasteiger partial charge in [0.05, 0.1) is 11.3 Å². The van der Waals surface area contributed by atoms with E-state index in [-0.39, 0.29) is 5.91 Å². The molecule has 0 saturated heterocycles. The molecule has 3 rings (SSSR count). The van der Waals surface area contributed by atoms with Gasteiger partial charge in [-0.25, -0.2) is 9.97 Å². The van der Waals surface area contributed by atoms with Gasteiger partial charge in [0, 0.05) is 18.3 Å². The zero-order chi connectivity index (χ0) is 16.9. The minimum Gasteiger partial charge on any atom is -0.348 e. The van der Waals surface area contributed by atoms with E-state index >= 15 is 0 Å². The van der Waals surface area contributed by atoms with Crippen molar-refractivity contribution in [1.82, 2.24) is 15.3 Å². The topological polar surface area (TPSA) is 54.9 Å². The number of amides is 1. The lowest BCUT2D eigenvalue weighted by molar-refractivity contribution is 0.0949. The number of benzene rings is 2. The molecule has 0 aliphatic rings. The summed E-state index contributed by atoms with van der Waals surface area (Å²) in [7, 11) is 0. The molecule has 2 aromatic carbocycles. The van der Waals surface area contributed by atoms with Gasteiger partial charge >= 0.3 is 0 Å². The predicted molar refractivity (Wildman–Crippen MR) is 94.6 cm³/mol. The van der Waals surface area contributed by atoms with E-state index in [0.717, 1.165) is 11.1 Å². The number of nitrogens with zero attached hydrogens (tertiary/aromatic N) is 2. The SMILES string of the molecule is Cc1ccc(CNC(=O)c2cnc(-c3ccccc3)nc2C)cc1. The summed E-state index contributed by atoms with van der Waals surface area (Å²) in [6, 6.07) is 17.8. The average Bonchev–Trinajstić information content (AvgIpc) is 2.61. The molecule has 4 heteroatoms. The predicted octanol–water partition coefficient (Wildman–Crippen LogP) is 3.69. The van der Waals surface area contributed by atoms with Crippen LogP contribution in [0.5, 0.6) is 0 Å². The third-order valence-corrected chi connectivity index (χ3v) is 3.83. The van der Waals surface area contributed by atoms with Crippen molar-refractivity contribution in [3.8, 4) is 11.4 Å². The van der Waals surface area contributed by atoms with Crippen LogP contribution >= 0.6 is 0 Å². The van der Waals surface area contributed by atoms with Gasteiger partial charge in [-0.05, 0) is 19.4 Å². The first-order chi connectivity index (χ1) is 11.6. The Kier molecular flexibility index (Phi) is 4.66. The number of nitrogens with one attached hydrogen (secondary N) is 1. The normalized spacial score (nSPS) is 10.4. The lowest BCUT2D eigenvalue weighted by Crippen LogP contribution is -2.24. The van der Waals surface area contributed by atoms with Crippen molar-refractivity contribution in [2.24, 2.45) is 0 Å². The fourth-order valence-electron chi connectivity index (χ4n) is 2.40. The molecule has 0 saturated carbocycles. The van der Waals surface area contributed by atoms with Crippen molar-refractivity contribution >= 4 is 5.91 Å². The van der Waals surface area contributed by atoms with Crippen molar-refractivity contribution in [3.63, 3.8) is 0 Å². The number of hydrogen-bond acceptors (Lipinski definition) is 3. The lowest BCUT2D eigenvalue weighted by Gasteiger charge is -2.09. The smallest absolute Gasteiger partial charge is 0.254 e. The lowest BCUT2D eigenvalue weighted by atomic mass is 10.1. The summed E-state index contributed by atoms with van der Waals surface area (Å²) in [6.45, 7) is 4.35. The molecule has 120 valence electrons. The van der Waals surface area contributed by atoms with E-state index in [1.807, 2.05) is 68.4 Å². The molecule has 0 aliphatic carbocycles. The Bertz CT molecular complexity index is 843. The molecule has 1 heterocycles. The van der Waals surface area contributed by atoms with Gasteiger partial charge in [0.25, 0.3) is 5.91 Å². The van der Waals surface area contributed by atoms with E-state index in [9.17, 15) is 4.79 Å². The van der Waals surface area contributed by atoms with Crippen LogP contribution in [0.4, 0.5) is 0 Å². The van der Waals surface area contributed by atoms with Crippen molar-refractivity contribution < 1.29 is 4.79 Å². The summed E-state index contributed by atoms with van der Waals surface area (Å²) in [5.41, 5.74) is 4.37.